The molecule has 0 amide bonds. The van der Waals surface area contributed by atoms with Gasteiger partial charge in [-0.25, -0.2) is 8.42 Å². The van der Waals surface area contributed by atoms with E-state index in [1.807, 2.05) is 0 Å². The summed E-state index contributed by atoms with van der Waals surface area (Å²) >= 11 is 0. The van der Waals surface area contributed by atoms with E-state index in [9.17, 15) is 18.5 Å². The molecule has 1 heterocycles. The molecule has 0 bridgehead atoms. The highest BCUT2D eigenvalue weighted by molar-refractivity contribution is 7.89. The van der Waals surface area contributed by atoms with Crippen molar-refractivity contribution in [2.45, 2.75) is 24.8 Å². The second kappa shape index (κ2) is 6.08. The van der Waals surface area contributed by atoms with E-state index in [1.165, 1.54) is 22.5 Å². The van der Waals surface area contributed by atoms with Crippen molar-refractivity contribution in [1.82, 2.24) is 9.21 Å². The first-order valence-corrected chi connectivity index (χ1v) is 8.25. The van der Waals surface area contributed by atoms with Gasteiger partial charge in [-0.15, -0.1) is 0 Å². The zero-order valence-corrected chi connectivity index (χ0v) is 12.9. The first-order valence-electron chi connectivity index (χ1n) is 6.81. The van der Waals surface area contributed by atoms with Crippen LogP contribution in [0.3, 0.4) is 0 Å². The molecular formula is C13H19N3O4S. The maximum absolute atomic E-state index is 12.5. The van der Waals surface area contributed by atoms with Crippen molar-refractivity contribution in [3.05, 3.63) is 34.4 Å². The quantitative estimate of drug-likeness (QED) is 0.618. The van der Waals surface area contributed by atoms with E-state index in [2.05, 4.69) is 18.7 Å². The molecule has 1 aliphatic rings. The van der Waals surface area contributed by atoms with Gasteiger partial charge < -0.3 is 0 Å². The summed E-state index contributed by atoms with van der Waals surface area (Å²) in [5, 5.41) is 10.8. The largest absolute Gasteiger partial charge is 0.298 e. The number of hydrogen-bond acceptors (Lipinski definition) is 5. The molecule has 0 aliphatic carbocycles. The van der Waals surface area contributed by atoms with Crippen LogP contribution >= 0.6 is 0 Å². The van der Waals surface area contributed by atoms with Gasteiger partial charge in [0.2, 0.25) is 10.0 Å². The molecule has 0 spiro atoms. The van der Waals surface area contributed by atoms with Crippen molar-refractivity contribution >= 4 is 15.7 Å². The summed E-state index contributed by atoms with van der Waals surface area (Å²) in [5.74, 6) is 0. The van der Waals surface area contributed by atoms with Crippen molar-refractivity contribution in [2.75, 3.05) is 26.2 Å². The number of rotatable bonds is 4. The van der Waals surface area contributed by atoms with Gasteiger partial charge in [-0.1, -0.05) is 6.07 Å². The first kappa shape index (κ1) is 15.9. The Balaban J connectivity index is 2.19. The Bertz CT molecular complexity index is 622. The second-order valence-corrected chi connectivity index (χ2v) is 7.23. The van der Waals surface area contributed by atoms with Gasteiger partial charge in [-0.3, -0.25) is 15.0 Å². The minimum absolute atomic E-state index is 0.0188. The van der Waals surface area contributed by atoms with Crippen LogP contribution in [0.2, 0.25) is 0 Å². The van der Waals surface area contributed by atoms with Gasteiger partial charge in [-0.2, -0.15) is 4.31 Å². The van der Waals surface area contributed by atoms with Gasteiger partial charge >= 0.3 is 0 Å². The third-order valence-electron chi connectivity index (χ3n) is 3.67. The molecule has 1 saturated heterocycles. The SMILES string of the molecule is CC(C)N1CCN(S(=O)(=O)c2cccc([N+](=O)[O-])c2)CC1. The number of nitro groups is 1. The highest BCUT2D eigenvalue weighted by atomic mass is 32.2. The van der Waals surface area contributed by atoms with Crippen LogP contribution < -0.4 is 0 Å². The van der Waals surface area contributed by atoms with Crippen molar-refractivity contribution in [2.24, 2.45) is 0 Å². The van der Waals surface area contributed by atoms with E-state index in [1.54, 1.807) is 0 Å². The molecule has 0 saturated carbocycles. The zero-order chi connectivity index (χ0) is 15.6. The summed E-state index contributed by atoms with van der Waals surface area (Å²) in [5.41, 5.74) is -0.211. The second-order valence-electron chi connectivity index (χ2n) is 5.29. The number of hydrogen-bond donors (Lipinski definition) is 0. The summed E-state index contributed by atoms with van der Waals surface area (Å²) in [6.45, 7) is 6.31. The van der Waals surface area contributed by atoms with Gasteiger partial charge in [-0.05, 0) is 19.9 Å². The normalized spacial score (nSPS) is 18.0. The number of non-ortho nitro benzene ring substituents is 1. The van der Waals surface area contributed by atoms with E-state index >= 15 is 0 Å². The number of piperazine rings is 1. The molecule has 0 N–H and O–H groups in total. The van der Waals surface area contributed by atoms with E-state index in [4.69, 9.17) is 0 Å². The monoisotopic (exact) mass is 313 g/mol. The van der Waals surface area contributed by atoms with Crippen molar-refractivity contribution < 1.29 is 13.3 Å². The molecule has 8 heteroatoms. The molecule has 2 rings (SSSR count). The van der Waals surface area contributed by atoms with Gasteiger partial charge in [0.1, 0.15) is 0 Å². The van der Waals surface area contributed by atoms with Crippen LogP contribution in [0.4, 0.5) is 5.69 Å². The van der Waals surface area contributed by atoms with Gasteiger partial charge in [0, 0.05) is 44.4 Å². The lowest BCUT2D eigenvalue weighted by atomic mass is 10.3. The van der Waals surface area contributed by atoms with Crippen LogP contribution in [0.25, 0.3) is 0 Å². The molecule has 0 aromatic heterocycles. The van der Waals surface area contributed by atoms with Crippen LogP contribution in [0.5, 0.6) is 0 Å². The number of benzene rings is 1. The number of nitrogens with zero attached hydrogens (tertiary/aromatic N) is 3. The molecule has 1 fully saturated rings. The minimum atomic E-state index is -3.66. The molecule has 0 atom stereocenters. The fourth-order valence-corrected chi connectivity index (χ4v) is 3.83. The highest BCUT2D eigenvalue weighted by Crippen LogP contribution is 2.22. The van der Waals surface area contributed by atoms with Crippen molar-refractivity contribution in [3.8, 4) is 0 Å². The number of sulfonamides is 1. The highest BCUT2D eigenvalue weighted by Gasteiger charge is 2.29. The van der Waals surface area contributed by atoms with Crippen LogP contribution in [0.15, 0.2) is 29.2 Å². The average Bonchev–Trinajstić information content (AvgIpc) is 2.47. The molecule has 21 heavy (non-hydrogen) atoms. The van der Waals surface area contributed by atoms with Crippen molar-refractivity contribution in [1.29, 1.82) is 0 Å². The predicted molar refractivity (Wildman–Crippen MR) is 78.6 cm³/mol. The Morgan fingerprint density at radius 2 is 1.81 bits per heavy atom. The van der Waals surface area contributed by atoms with Gasteiger partial charge in [0.25, 0.3) is 5.69 Å². The standard InChI is InChI=1S/C13H19N3O4S/c1-11(2)14-6-8-15(9-7-14)21(19,20)13-5-3-4-12(10-13)16(17)18/h3-5,10-11H,6-9H2,1-2H3. The lowest BCUT2D eigenvalue weighted by Gasteiger charge is -2.36. The Kier molecular flexibility index (Phi) is 4.60. The summed E-state index contributed by atoms with van der Waals surface area (Å²) in [6, 6.07) is 5.58. The average molecular weight is 313 g/mol. The third kappa shape index (κ3) is 3.39. The van der Waals surface area contributed by atoms with E-state index in [0.29, 0.717) is 32.2 Å². The van der Waals surface area contributed by atoms with Crippen LogP contribution in [0.1, 0.15) is 13.8 Å². The first-order chi connectivity index (χ1) is 9.82. The van der Waals surface area contributed by atoms with E-state index < -0.39 is 14.9 Å². The molecule has 1 aliphatic heterocycles. The number of nitro benzene ring substituents is 1. The fraction of sp³-hybridized carbons (Fsp3) is 0.538. The Labute approximate surface area is 124 Å². The summed E-state index contributed by atoms with van der Waals surface area (Å²) in [6.07, 6.45) is 0. The maximum Gasteiger partial charge on any atom is 0.270 e. The van der Waals surface area contributed by atoms with Crippen LogP contribution in [-0.4, -0.2) is 54.8 Å². The lowest BCUT2D eigenvalue weighted by Crippen LogP contribution is -2.50. The summed E-state index contributed by atoms with van der Waals surface area (Å²) in [4.78, 5) is 12.4. The minimum Gasteiger partial charge on any atom is -0.298 e. The third-order valence-corrected chi connectivity index (χ3v) is 5.56. The molecule has 7 nitrogen and oxygen atoms in total. The topological polar surface area (TPSA) is 83.8 Å². The van der Waals surface area contributed by atoms with E-state index in [0.717, 1.165) is 6.07 Å². The van der Waals surface area contributed by atoms with Gasteiger partial charge in [0.05, 0.1) is 9.82 Å². The molecule has 1 aromatic rings. The fourth-order valence-electron chi connectivity index (χ4n) is 2.37. The maximum atomic E-state index is 12.5. The zero-order valence-electron chi connectivity index (χ0n) is 12.1. The Morgan fingerprint density at radius 1 is 1.19 bits per heavy atom. The lowest BCUT2D eigenvalue weighted by molar-refractivity contribution is -0.385. The Morgan fingerprint density at radius 3 is 2.33 bits per heavy atom. The van der Waals surface area contributed by atoms with Gasteiger partial charge in [0.15, 0.2) is 0 Å². The summed E-state index contributed by atoms with van der Waals surface area (Å²) in [7, 11) is -3.66. The molecule has 116 valence electrons. The predicted octanol–water partition coefficient (Wildman–Crippen LogP) is 1.31. The molecule has 0 unspecified atom stereocenters. The van der Waals surface area contributed by atoms with Crippen LogP contribution in [-0.2, 0) is 10.0 Å². The van der Waals surface area contributed by atoms with E-state index in [-0.39, 0.29) is 10.6 Å². The molecular weight excluding hydrogens is 294 g/mol. The molecule has 1 aromatic carbocycles. The van der Waals surface area contributed by atoms with Crippen LogP contribution in [0, 0.1) is 10.1 Å². The smallest absolute Gasteiger partial charge is 0.270 e. The molecule has 0 radical (unpaired) electrons. The Hall–Kier alpha value is -1.51. The summed E-state index contributed by atoms with van der Waals surface area (Å²) < 4.78 is 26.4. The van der Waals surface area contributed by atoms with Crippen molar-refractivity contribution in [3.63, 3.8) is 0 Å².